The van der Waals surface area contributed by atoms with Gasteiger partial charge in [0.05, 0.1) is 33.0 Å². The van der Waals surface area contributed by atoms with E-state index in [1.165, 1.54) is 0 Å². The average molecular weight is 766 g/mol. The first kappa shape index (κ1) is 42.3. The van der Waals surface area contributed by atoms with E-state index >= 15 is 0 Å². The van der Waals surface area contributed by atoms with Crippen LogP contribution < -0.4 is 9.46 Å². The van der Waals surface area contributed by atoms with Gasteiger partial charge in [-0.1, -0.05) is 43.9 Å². The summed E-state index contributed by atoms with van der Waals surface area (Å²) in [4.78, 5) is 39.7. The van der Waals surface area contributed by atoms with E-state index in [1.54, 1.807) is 4.72 Å². The van der Waals surface area contributed by atoms with Crippen LogP contribution in [0.5, 0.6) is 11.5 Å². The summed E-state index contributed by atoms with van der Waals surface area (Å²) < 4.78 is 67.2. The van der Waals surface area contributed by atoms with Gasteiger partial charge in [-0.2, -0.15) is 24.9 Å². The van der Waals surface area contributed by atoms with E-state index in [-0.39, 0.29) is 29.0 Å². The number of ketones is 1. The molecule has 2 aromatic carbocycles. The van der Waals surface area contributed by atoms with Gasteiger partial charge in [0, 0.05) is 30.2 Å². The van der Waals surface area contributed by atoms with Crippen LogP contribution in [0.1, 0.15) is 75.7 Å². The zero-order valence-corrected chi connectivity index (χ0v) is 30.4. The Kier molecular flexibility index (Phi) is 16.1. The average Bonchev–Trinajstić information content (AvgIpc) is 2.99. The van der Waals surface area contributed by atoms with Crippen LogP contribution in [-0.2, 0) is 25.8 Å². The van der Waals surface area contributed by atoms with E-state index in [0.29, 0.717) is 60.8 Å². The number of aliphatic hydroxyl groups excluding tert-OH is 1. The second kappa shape index (κ2) is 19.0. The number of nitro groups is 1. The lowest BCUT2D eigenvalue weighted by atomic mass is 9.82. The first-order valence-electron chi connectivity index (χ1n) is 15.4. The number of rotatable bonds is 14. The van der Waals surface area contributed by atoms with Crippen molar-refractivity contribution in [1.29, 1.82) is 0 Å². The predicted molar refractivity (Wildman–Crippen MR) is 186 cm³/mol. The van der Waals surface area contributed by atoms with Crippen LogP contribution in [0.4, 0.5) is 18.9 Å². The second-order valence-corrected chi connectivity index (χ2v) is 15.0. The number of hydrogen-bond donors (Lipinski definition) is 2. The molecule has 0 radical (unpaired) electrons. The molecule has 2 aromatic rings. The molecule has 1 aliphatic carbocycles. The minimum Gasteiger partial charge on any atom is -0.511 e. The number of oxime groups is 1. The molecule has 0 spiro atoms. The summed E-state index contributed by atoms with van der Waals surface area (Å²) >= 11 is 7.67. The van der Waals surface area contributed by atoms with E-state index in [9.17, 15) is 46.4 Å². The van der Waals surface area contributed by atoms with Crippen LogP contribution in [0.2, 0.25) is 5.02 Å². The minimum atomic E-state index is -4.62. The molecule has 0 bridgehead atoms. The molecule has 12 nitrogen and oxygen atoms in total. The van der Waals surface area contributed by atoms with Crippen LogP contribution in [0, 0.1) is 16.0 Å². The Morgan fingerprint density at radius 3 is 2.40 bits per heavy atom. The zero-order valence-electron chi connectivity index (χ0n) is 28.0. The standard InChI is InChI=1S/C17H29NO3S.C15H10ClF3N2O6S/c1-5-8-14(18-21-6-2)17-15(19)10-13(11-16(17)20)9-12(4)22-7-3;1-28(25,26)20-14(22)10-7-9(3-4-12(10)21(23)24)27-13-5-2-8(6-11(13)16)15(17,18)19/h12-13,19H,5-11H2,1-4H3;2-7H,1H3,(H,20,22)/b18-14-;. The molecule has 2 atom stereocenters. The van der Waals surface area contributed by atoms with Crippen molar-refractivity contribution >= 4 is 56.5 Å². The predicted octanol–water partition coefficient (Wildman–Crippen LogP) is 8.25. The summed E-state index contributed by atoms with van der Waals surface area (Å²) in [6.07, 6.45) is -0.381. The lowest BCUT2D eigenvalue weighted by molar-refractivity contribution is -0.385. The first-order chi connectivity index (χ1) is 23.3. The topological polar surface area (TPSA) is 174 Å². The van der Waals surface area contributed by atoms with E-state index in [1.807, 2.05) is 25.6 Å². The lowest BCUT2D eigenvalue weighted by Gasteiger charge is -2.25. The number of alkyl halides is 3. The smallest absolute Gasteiger partial charge is 0.416 e. The Hall–Kier alpha value is -3.83. The van der Waals surface area contributed by atoms with Crippen LogP contribution in [-0.4, -0.2) is 59.7 Å². The van der Waals surface area contributed by atoms with Crippen molar-refractivity contribution in [3.63, 3.8) is 0 Å². The van der Waals surface area contributed by atoms with Crippen molar-refractivity contribution in [3.05, 3.63) is 74.0 Å². The zero-order chi connectivity index (χ0) is 37.8. The Balaban J connectivity index is 0.000000358. The molecule has 0 saturated carbocycles. The number of sulfonamides is 1. The molecule has 3 rings (SSSR count). The highest BCUT2D eigenvalue weighted by atomic mass is 35.5. The molecule has 1 aliphatic rings. The third-order valence-electron chi connectivity index (χ3n) is 6.89. The molecule has 0 saturated heterocycles. The molecule has 1 amide bonds. The van der Waals surface area contributed by atoms with Crippen molar-refractivity contribution in [1.82, 2.24) is 4.72 Å². The molecule has 0 fully saturated rings. The molecule has 18 heteroatoms. The number of benzene rings is 2. The summed E-state index contributed by atoms with van der Waals surface area (Å²) in [7, 11) is -4.00. The van der Waals surface area contributed by atoms with Gasteiger partial charge in [0.25, 0.3) is 11.6 Å². The van der Waals surface area contributed by atoms with Crippen LogP contribution in [0.15, 0.2) is 52.9 Å². The van der Waals surface area contributed by atoms with Gasteiger partial charge in [-0.15, -0.1) is 0 Å². The lowest BCUT2D eigenvalue weighted by Crippen LogP contribution is -2.29. The fourth-order valence-corrected chi connectivity index (χ4v) is 6.56. The van der Waals surface area contributed by atoms with Gasteiger partial charge in [0.15, 0.2) is 5.78 Å². The third kappa shape index (κ3) is 13.1. The highest BCUT2D eigenvalue weighted by molar-refractivity contribution is 7.99. The van der Waals surface area contributed by atoms with E-state index in [0.717, 1.165) is 42.9 Å². The number of Topliss-reactive ketones (excluding diaryl/α,β-unsaturated/α-hetero) is 1. The van der Waals surface area contributed by atoms with Gasteiger partial charge in [-0.05, 0) is 55.7 Å². The molecule has 276 valence electrons. The Labute approximate surface area is 297 Å². The van der Waals surface area contributed by atoms with Gasteiger partial charge in [0.2, 0.25) is 10.0 Å². The van der Waals surface area contributed by atoms with Crippen molar-refractivity contribution in [3.8, 4) is 11.5 Å². The number of allylic oxidation sites excluding steroid dienone is 2. The van der Waals surface area contributed by atoms with Gasteiger partial charge in [-0.3, -0.25) is 19.7 Å². The Bertz CT molecular complexity index is 1720. The fourth-order valence-electron chi connectivity index (χ4n) is 4.91. The van der Waals surface area contributed by atoms with Crippen LogP contribution in [0.3, 0.4) is 0 Å². The number of hydrogen-bond acceptors (Lipinski definition) is 11. The number of amides is 1. The largest absolute Gasteiger partial charge is 0.511 e. The molecule has 2 unspecified atom stereocenters. The molecular formula is C32H39ClF3N3O9S2. The monoisotopic (exact) mass is 765 g/mol. The van der Waals surface area contributed by atoms with Gasteiger partial charge >= 0.3 is 6.18 Å². The molecular weight excluding hydrogens is 727 g/mol. The first-order valence-corrected chi connectivity index (χ1v) is 18.7. The maximum Gasteiger partial charge on any atom is 0.416 e. The highest BCUT2D eigenvalue weighted by Crippen LogP contribution is 2.37. The number of carbonyl (C=O) groups is 2. The van der Waals surface area contributed by atoms with E-state index in [2.05, 4.69) is 19.0 Å². The van der Waals surface area contributed by atoms with Crippen LogP contribution in [0.25, 0.3) is 0 Å². The fraction of sp³-hybridized carbons (Fsp3) is 0.469. The molecule has 0 aliphatic heterocycles. The highest BCUT2D eigenvalue weighted by Gasteiger charge is 2.32. The second-order valence-electron chi connectivity index (χ2n) is 11.1. The summed E-state index contributed by atoms with van der Waals surface area (Å²) in [5.41, 5.74) is -1.34. The number of nitrogens with one attached hydrogen (secondary N) is 1. The number of aliphatic hydroxyl groups is 1. The summed E-state index contributed by atoms with van der Waals surface area (Å²) in [6.45, 7) is 8.67. The molecule has 2 N–H and O–H groups in total. The van der Waals surface area contributed by atoms with Gasteiger partial charge in [0.1, 0.15) is 29.4 Å². The quantitative estimate of drug-likeness (QED) is 0.108. The maximum atomic E-state index is 12.7. The molecule has 50 heavy (non-hydrogen) atoms. The Morgan fingerprint density at radius 2 is 1.88 bits per heavy atom. The van der Waals surface area contributed by atoms with Gasteiger partial charge < -0.3 is 14.7 Å². The normalized spacial score (nSPS) is 15.9. The maximum absolute atomic E-state index is 12.7. The van der Waals surface area contributed by atoms with Crippen molar-refractivity contribution < 1.29 is 50.8 Å². The number of nitrogens with zero attached hydrogens (tertiary/aromatic N) is 2. The van der Waals surface area contributed by atoms with Crippen molar-refractivity contribution in [2.45, 2.75) is 71.2 Å². The van der Waals surface area contributed by atoms with E-state index in [4.69, 9.17) is 21.2 Å². The molecule has 0 heterocycles. The number of ether oxygens (including phenoxy) is 1. The number of halogens is 4. The van der Waals surface area contributed by atoms with Crippen molar-refractivity contribution in [2.75, 3.05) is 18.6 Å². The Morgan fingerprint density at radius 1 is 1.20 bits per heavy atom. The SMILES string of the molecule is CCC/C(=N/OCC)C1=C(O)CC(CC(C)SCC)CC1=O.CS(=O)(=O)NC(=O)c1cc(Oc2ccc(C(F)(F)F)cc2Cl)ccc1[N+](=O)[O-]. The van der Waals surface area contributed by atoms with Gasteiger partial charge in [-0.25, -0.2) is 13.1 Å². The third-order valence-corrected chi connectivity index (χ3v) is 8.84. The molecule has 0 aromatic heterocycles. The van der Waals surface area contributed by atoms with Crippen molar-refractivity contribution in [2.24, 2.45) is 11.1 Å². The number of nitro benzene ring substituents is 1. The summed E-state index contributed by atoms with van der Waals surface area (Å²) in [6, 6.07) is 5.09. The summed E-state index contributed by atoms with van der Waals surface area (Å²) in [5, 5.41) is 25.6. The summed E-state index contributed by atoms with van der Waals surface area (Å²) in [5.74, 6) is -0.158. The number of carbonyl (C=O) groups excluding carboxylic acids is 2. The minimum absolute atomic E-state index is 0.00866. The number of thioether (sulfide) groups is 1. The van der Waals surface area contributed by atoms with Crippen LogP contribution >= 0.6 is 23.4 Å². The van der Waals surface area contributed by atoms with E-state index < -0.39 is 48.9 Å².